The molecule has 0 bridgehead atoms. The second-order valence-corrected chi connectivity index (χ2v) is 14.6. The molecule has 0 aliphatic heterocycles. The van der Waals surface area contributed by atoms with E-state index in [0.29, 0.717) is 0 Å². The molecule has 0 unspecified atom stereocenters. The lowest BCUT2D eigenvalue weighted by Gasteiger charge is -2.27. The van der Waals surface area contributed by atoms with Gasteiger partial charge in [-0.3, -0.25) is 0 Å². The van der Waals surface area contributed by atoms with E-state index in [0.717, 1.165) is 34.0 Å². The standard InChI is InChI=1S/C54H37N3/c1-3-17-38(18-4-1)39-19-13-23-42(35-39)55(44-25-15-26-45(37-44)56-51-32-10-7-27-47(51)48-28-8-11-33-52(48)56)43-24-14-20-40(36-43)46-30-16-31-50-49-29-9-12-34-53(49)57(54(46)50)41-21-5-2-6-22-41/h1-37H. The van der Waals surface area contributed by atoms with Gasteiger partial charge in [-0.2, -0.15) is 0 Å². The monoisotopic (exact) mass is 727 g/mol. The highest BCUT2D eigenvalue weighted by atomic mass is 15.1. The highest BCUT2D eigenvalue weighted by Crippen LogP contribution is 2.43. The van der Waals surface area contributed by atoms with E-state index in [1.165, 1.54) is 60.3 Å². The molecule has 0 aliphatic carbocycles. The number of benzene rings is 9. The van der Waals surface area contributed by atoms with Gasteiger partial charge in [0, 0.05) is 55.5 Å². The van der Waals surface area contributed by atoms with Crippen LogP contribution < -0.4 is 4.90 Å². The van der Waals surface area contributed by atoms with Crippen LogP contribution in [0, 0.1) is 0 Å². The number of para-hydroxylation sites is 5. The van der Waals surface area contributed by atoms with Gasteiger partial charge in [-0.25, -0.2) is 0 Å². The van der Waals surface area contributed by atoms with Gasteiger partial charge in [0.25, 0.3) is 0 Å². The van der Waals surface area contributed by atoms with Crippen LogP contribution in [0.25, 0.3) is 77.2 Å². The normalized spacial score (nSPS) is 11.5. The first kappa shape index (κ1) is 32.8. The molecule has 0 saturated carbocycles. The zero-order valence-corrected chi connectivity index (χ0v) is 31.2. The van der Waals surface area contributed by atoms with E-state index in [1.54, 1.807) is 0 Å². The fourth-order valence-electron chi connectivity index (χ4n) is 8.78. The highest BCUT2D eigenvalue weighted by Gasteiger charge is 2.20. The summed E-state index contributed by atoms with van der Waals surface area (Å²) in [4.78, 5) is 2.40. The van der Waals surface area contributed by atoms with E-state index in [2.05, 4.69) is 238 Å². The fraction of sp³-hybridized carbons (Fsp3) is 0. The third kappa shape index (κ3) is 5.51. The molecule has 9 aromatic carbocycles. The Morgan fingerprint density at radius 1 is 0.281 bits per heavy atom. The molecule has 268 valence electrons. The predicted molar refractivity (Wildman–Crippen MR) is 241 cm³/mol. The maximum Gasteiger partial charge on any atom is 0.0619 e. The van der Waals surface area contributed by atoms with Crippen LogP contribution in [-0.4, -0.2) is 9.13 Å². The molecule has 0 spiro atoms. The summed E-state index contributed by atoms with van der Waals surface area (Å²) in [5.41, 5.74) is 15.0. The van der Waals surface area contributed by atoms with Crippen molar-refractivity contribution in [2.24, 2.45) is 0 Å². The van der Waals surface area contributed by atoms with Crippen LogP contribution in [0.15, 0.2) is 224 Å². The number of rotatable bonds is 7. The zero-order chi connectivity index (χ0) is 37.7. The highest BCUT2D eigenvalue weighted by molar-refractivity contribution is 6.14. The molecule has 2 aromatic heterocycles. The Hall–Kier alpha value is -7.62. The van der Waals surface area contributed by atoms with Crippen LogP contribution in [0.5, 0.6) is 0 Å². The topological polar surface area (TPSA) is 13.1 Å². The van der Waals surface area contributed by atoms with E-state index in [-0.39, 0.29) is 0 Å². The summed E-state index contributed by atoms with van der Waals surface area (Å²) in [6, 6.07) is 81.1. The molecule has 57 heavy (non-hydrogen) atoms. The van der Waals surface area contributed by atoms with Gasteiger partial charge in [-0.1, -0.05) is 152 Å². The summed E-state index contributed by atoms with van der Waals surface area (Å²) in [5.74, 6) is 0. The molecule has 11 rings (SSSR count). The second-order valence-electron chi connectivity index (χ2n) is 14.6. The largest absolute Gasteiger partial charge is 0.310 e. The van der Waals surface area contributed by atoms with Crippen LogP contribution in [0.1, 0.15) is 0 Å². The third-order valence-electron chi connectivity index (χ3n) is 11.3. The van der Waals surface area contributed by atoms with Crippen molar-refractivity contribution in [1.29, 1.82) is 0 Å². The average Bonchev–Trinajstić information content (AvgIpc) is 3.81. The summed E-state index contributed by atoms with van der Waals surface area (Å²) in [6.07, 6.45) is 0. The number of hydrogen-bond donors (Lipinski definition) is 0. The van der Waals surface area contributed by atoms with Crippen molar-refractivity contribution in [3.05, 3.63) is 224 Å². The third-order valence-corrected chi connectivity index (χ3v) is 11.3. The molecular formula is C54H37N3. The Morgan fingerprint density at radius 3 is 1.39 bits per heavy atom. The number of aromatic nitrogens is 2. The van der Waals surface area contributed by atoms with E-state index < -0.39 is 0 Å². The lowest BCUT2D eigenvalue weighted by atomic mass is 10.0. The lowest BCUT2D eigenvalue weighted by Crippen LogP contribution is -2.11. The molecule has 0 N–H and O–H groups in total. The summed E-state index contributed by atoms with van der Waals surface area (Å²) in [7, 11) is 0. The van der Waals surface area contributed by atoms with Crippen molar-refractivity contribution in [1.82, 2.24) is 9.13 Å². The Morgan fingerprint density at radius 2 is 0.719 bits per heavy atom. The van der Waals surface area contributed by atoms with Gasteiger partial charge in [0.15, 0.2) is 0 Å². The number of hydrogen-bond acceptors (Lipinski definition) is 1. The maximum absolute atomic E-state index is 2.42. The smallest absolute Gasteiger partial charge is 0.0619 e. The first-order chi connectivity index (χ1) is 28.3. The Balaban J connectivity index is 1.13. The molecule has 11 aromatic rings. The Kier molecular flexibility index (Phi) is 7.82. The summed E-state index contributed by atoms with van der Waals surface area (Å²) in [6.45, 7) is 0. The minimum atomic E-state index is 1.08. The Labute approximate surface area is 331 Å². The molecule has 2 heterocycles. The van der Waals surface area contributed by atoms with Crippen molar-refractivity contribution in [3.63, 3.8) is 0 Å². The minimum Gasteiger partial charge on any atom is -0.310 e. The predicted octanol–water partition coefficient (Wildman–Crippen LogP) is 14.7. The van der Waals surface area contributed by atoms with E-state index in [4.69, 9.17) is 0 Å². The molecule has 0 atom stereocenters. The van der Waals surface area contributed by atoms with Crippen LogP contribution in [0.3, 0.4) is 0 Å². The van der Waals surface area contributed by atoms with Gasteiger partial charge in [0.1, 0.15) is 0 Å². The van der Waals surface area contributed by atoms with Crippen molar-refractivity contribution in [2.75, 3.05) is 4.90 Å². The van der Waals surface area contributed by atoms with E-state index in [9.17, 15) is 0 Å². The maximum atomic E-state index is 2.42. The van der Waals surface area contributed by atoms with Gasteiger partial charge < -0.3 is 14.0 Å². The summed E-state index contributed by atoms with van der Waals surface area (Å²) in [5, 5.41) is 4.99. The van der Waals surface area contributed by atoms with Crippen molar-refractivity contribution >= 4 is 60.7 Å². The van der Waals surface area contributed by atoms with Crippen molar-refractivity contribution in [3.8, 4) is 33.6 Å². The lowest BCUT2D eigenvalue weighted by molar-refractivity contribution is 1.17. The molecule has 0 fully saturated rings. The minimum absolute atomic E-state index is 1.08. The number of nitrogens with zero attached hydrogens (tertiary/aromatic N) is 3. The molecule has 0 aliphatic rings. The molecular weight excluding hydrogens is 691 g/mol. The first-order valence-corrected chi connectivity index (χ1v) is 19.5. The van der Waals surface area contributed by atoms with Crippen molar-refractivity contribution < 1.29 is 0 Å². The van der Waals surface area contributed by atoms with Gasteiger partial charge in [0.2, 0.25) is 0 Å². The second kappa shape index (κ2) is 13.6. The van der Waals surface area contributed by atoms with E-state index in [1.807, 2.05) is 0 Å². The first-order valence-electron chi connectivity index (χ1n) is 19.5. The van der Waals surface area contributed by atoms with Crippen LogP contribution in [0.4, 0.5) is 17.1 Å². The molecule has 0 radical (unpaired) electrons. The van der Waals surface area contributed by atoms with Crippen LogP contribution in [0.2, 0.25) is 0 Å². The van der Waals surface area contributed by atoms with Gasteiger partial charge in [0.05, 0.1) is 22.1 Å². The zero-order valence-electron chi connectivity index (χ0n) is 31.2. The molecule has 3 nitrogen and oxygen atoms in total. The van der Waals surface area contributed by atoms with Crippen LogP contribution >= 0.6 is 0 Å². The van der Waals surface area contributed by atoms with Crippen molar-refractivity contribution in [2.45, 2.75) is 0 Å². The SMILES string of the molecule is c1ccc(-c2cccc(N(c3cccc(-c4cccc5c6ccccc6n(-c6ccccc6)c45)c3)c3cccc(-n4c5ccccc5c5ccccc54)c3)c2)cc1. The number of anilines is 3. The summed E-state index contributed by atoms with van der Waals surface area (Å²) >= 11 is 0. The van der Waals surface area contributed by atoms with E-state index >= 15 is 0 Å². The van der Waals surface area contributed by atoms with Gasteiger partial charge in [-0.05, 0) is 89.5 Å². The molecule has 0 amide bonds. The summed E-state index contributed by atoms with van der Waals surface area (Å²) < 4.78 is 4.81. The quantitative estimate of drug-likeness (QED) is 0.159. The van der Waals surface area contributed by atoms with Gasteiger partial charge >= 0.3 is 0 Å². The Bertz CT molecular complexity index is 3190. The van der Waals surface area contributed by atoms with Crippen LogP contribution in [-0.2, 0) is 0 Å². The average molecular weight is 728 g/mol. The molecule has 0 saturated heterocycles. The van der Waals surface area contributed by atoms with Gasteiger partial charge in [-0.15, -0.1) is 0 Å². The molecule has 3 heteroatoms. The fourth-order valence-corrected chi connectivity index (χ4v) is 8.78. The number of fused-ring (bicyclic) bond motifs is 6.